The molecule has 0 N–H and O–H groups in total. The van der Waals surface area contributed by atoms with E-state index in [9.17, 15) is 9.90 Å². The summed E-state index contributed by atoms with van der Waals surface area (Å²) in [7, 11) is 0. The monoisotopic (exact) mass is 255 g/mol. The molecule has 0 aliphatic carbocycles. The third kappa shape index (κ3) is 8.51. The van der Waals surface area contributed by atoms with Gasteiger partial charge in [0.15, 0.2) is 0 Å². The van der Waals surface area contributed by atoms with Crippen molar-refractivity contribution in [2.24, 2.45) is 0 Å². The average Bonchev–Trinajstić information content (AvgIpc) is 2.84. The van der Waals surface area contributed by atoms with Crippen molar-refractivity contribution in [1.82, 2.24) is 0 Å². The summed E-state index contributed by atoms with van der Waals surface area (Å²) in [4.78, 5) is 10.2. The van der Waals surface area contributed by atoms with E-state index in [1.807, 2.05) is 0 Å². The number of aliphatic carboxylic acids is 1. The largest absolute Gasteiger partial charge is 0.550 e. The highest BCUT2D eigenvalue weighted by Crippen LogP contribution is 2.19. The van der Waals surface area contributed by atoms with E-state index in [-0.39, 0.29) is 6.42 Å². The van der Waals surface area contributed by atoms with E-state index in [2.05, 4.69) is 0 Å². The van der Waals surface area contributed by atoms with Crippen LogP contribution >= 0.6 is 0 Å². The molecule has 3 nitrogen and oxygen atoms in total. The first-order valence-corrected chi connectivity index (χ1v) is 7.60. The molecule has 1 aliphatic rings. The average molecular weight is 255 g/mol. The van der Waals surface area contributed by atoms with Crippen molar-refractivity contribution in [2.45, 2.75) is 83.2 Å². The van der Waals surface area contributed by atoms with Crippen LogP contribution in [-0.4, -0.2) is 18.7 Å². The predicted octanol–water partition coefficient (Wildman–Crippen LogP) is 2.82. The van der Waals surface area contributed by atoms with Gasteiger partial charge < -0.3 is 14.6 Å². The van der Waals surface area contributed by atoms with Crippen molar-refractivity contribution in [1.29, 1.82) is 0 Å². The highest BCUT2D eigenvalue weighted by molar-refractivity contribution is 5.63. The molecule has 1 rings (SSSR count). The fourth-order valence-corrected chi connectivity index (χ4v) is 2.57. The molecule has 0 saturated carbocycles. The normalized spacial score (nSPS) is 19.2. The fraction of sp³-hybridized carbons (Fsp3) is 0.933. The highest BCUT2D eigenvalue weighted by atomic mass is 16.5. The van der Waals surface area contributed by atoms with E-state index in [0.717, 1.165) is 19.4 Å². The molecule has 106 valence electrons. The number of hydrogen-bond donors (Lipinski definition) is 0. The van der Waals surface area contributed by atoms with Gasteiger partial charge in [-0.1, -0.05) is 44.9 Å². The Balaban J connectivity index is 1.72. The van der Waals surface area contributed by atoms with Gasteiger partial charge >= 0.3 is 0 Å². The molecular formula is C15H27O3-. The van der Waals surface area contributed by atoms with Gasteiger partial charge in [0.25, 0.3) is 0 Å². The molecule has 1 aliphatic heterocycles. The Kier molecular flexibility index (Phi) is 8.92. The van der Waals surface area contributed by atoms with Crippen molar-refractivity contribution in [2.75, 3.05) is 6.61 Å². The van der Waals surface area contributed by atoms with Gasteiger partial charge in [-0.05, 0) is 32.1 Å². The first-order valence-electron chi connectivity index (χ1n) is 7.60. The molecule has 1 saturated heterocycles. The number of carbonyl (C=O) groups excluding carboxylic acids is 1. The first-order chi connectivity index (χ1) is 8.79. The summed E-state index contributed by atoms with van der Waals surface area (Å²) in [5, 5.41) is 10.2. The molecule has 18 heavy (non-hydrogen) atoms. The van der Waals surface area contributed by atoms with Crippen LogP contribution in [0.2, 0.25) is 0 Å². The molecular weight excluding hydrogens is 228 g/mol. The molecule has 0 bridgehead atoms. The van der Waals surface area contributed by atoms with Crippen molar-refractivity contribution in [3.63, 3.8) is 0 Å². The molecule has 0 unspecified atom stereocenters. The van der Waals surface area contributed by atoms with Crippen LogP contribution in [0.1, 0.15) is 77.0 Å². The quantitative estimate of drug-likeness (QED) is 0.533. The molecule has 1 atom stereocenters. The number of carboxylic acid groups (broad SMARTS) is 1. The lowest BCUT2D eigenvalue weighted by molar-refractivity contribution is -0.305. The lowest BCUT2D eigenvalue weighted by Crippen LogP contribution is -2.21. The maximum Gasteiger partial charge on any atom is 0.0576 e. The number of hydrogen-bond acceptors (Lipinski definition) is 3. The zero-order valence-corrected chi connectivity index (χ0v) is 11.5. The summed E-state index contributed by atoms with van der Waals surface area (Å²) in [6, 6.07) is 0. The minimum atomic E-state index is -0.913. The van der Waals surface area contributed by atoms with Crippen LogP contribution < -0.4 is 5.11 Å². The highest BCUT2D eigenvalue weighted by Gasteiger charge is 2.14. The van der Waals surface area contributed by atoms with Gasteiger partial charge in [-0.15, -0.1) is 0 Å². The summed E-state index contributed by atoms with van der Waals surface area (Å²) < 4.78 is 5.59. The molecule has 1 heterocycles. The summed E-state index contributed by atoms with van der Waals surface area (Å²) >= 11 is 0. The Morgan fingerprint density at radius 1 is 1.00 bits per heavy atom. The van der Waals surface area contributed by atoms with E-state index in [0.29, 0.717) is 6.10 Å². The van der Waals surface area contributed by atoms with Crippen LogP contribution in [0.4, 0.5) is 0 Å². The number of unbranched alkanes of at least 4 members (excludes halogenated alkanes) is 7. The van der Waals surface area contributed by atoms with E-state index in [1.165, 1.54) is 57.8 Å². The number of carbonyl (C=O) groups is 1. The summed E-state index contributed by atoms with van der Waals surface area (Å²) in [6.07, 6.45) is 14.0. The van der Waals surface area contributed by atoms with E-state index in [4.69, 9.17) is 4.74 Å². The van der Waals surface area contributed by atoms with Crippen LogP contribution in [0, 0.1) is 0 Å². The smallest absolute Gasteiger partial charge is 0.0576 e. The Hall–Kier alpha value is -0.570. The Bertz CT molecular complexity index is 210. The van der Waals surface area contributed by atoms with Crippen molar-refractivity contribution < 1.29 is 14.6 Å². The zero-order valence-electron chi connectivity index (χ0n) is 11.5. The number of carboxylic acids is 1. The summed E-state index contributed by atoms with van der Waals surface area (Å²) in [6.45, 7) is 0.969. The summed E-state index contributed by atoms with van der Waals surface area (Å²) in [5.41, 5.74) is 0. The lowest BCUT2D eigenvalue weighted by Gasteiger charge is -2.08. The molecule has 0 spiro atoms. The van der Waals surface area contributed by atoms with E-state index in [1.54, 1.807) is 0 Å². The number of rotatable bonds is 11. The molecule has 0 aromatic carbocycles. The molecule has 0 aromatic heterocycles. The Labute approximate surface area is 111 Å². The van der Waals surface area contributed by atoms with E-state index >= 15 is 0 Å². The van der Waals surface area contributed by atoms with Crippen LogP contribution in [0.15, 0.2) is 0 Å². The van der Waals surface area contributed by atoms with Gasteiger partial charge in [0.1, 0.15) is 0 Å². The minimum absolute atomic E-state index is 0.224. The van der Waals surface area contributed by atoms with Gasteiger partial charge in [-0.2, -0.15) is 0 Å². The van der Waals surface area contributed by atoms with Gasteiger partial charge in [0.05, 0.1) is 6.10 Å². The van der Waals surface area contributed by atoms with Gasteiger partial charge in [-0.3, -0.25) is 0 Å². The molecule has 0 amide bonds. The first kappa shape index (κ1) is 15.5. The second-order valence-electron chi connectivity index (χ2n) is 5.37. The molecule has 3 heteroatoms. The Morgan fingerprint density at radius 2 is 1.61 bits per heavy atom. The SMILES string of the molecule is O=C([O-])CCCCCCCCCC[C@@H]1CCCO1. The molecule has 0 aromatic rings. The third-order valence-corrected chi connectivity index (χ3v) is 3.68. The number of ether oxygens (including phenoxy) is 1. The van der Waals surface area contributed by atoms with Crippen molar-refractivity contribution in [3.8, 4) is 0 Å². The van der Waals surface area contributed by atoms with Crippen LogP contribution in [-0.2, 0) is 9.53 Å². The second kappa shape index (κ2) is 10.4. The van der Waals surface area contributed by atoms with Crippen LogP contribution in [0.3, 0.4) is 0 Å². The van der Waals surface area contributed by atoms with Gasteiger partial charge in [-0.25, -0.2) is 0 Å². The Morgan fingerprint density at radius 3 is 2.17 bits per heavy atom. The van der Waals surface area contributed by atoms with Gasteiger partial charge in [0, 0.05) is 12.6 Å². The molecule has 1 fully saturated rings. The standard InChI is InChI=1S/C15H28O3/c16-15(17)12-8-6-4-2-1-3-5-7-10-14-11-9-13-18-14/h14H,1-13H2,(H,16,17)/p-1/t14-/m1/s1. The molecule has 0 radical (unpaired) electrons. The maximum absolute atomic E-state index is 10.2. The lowest BCUT2D eigenvalue weighted by atomic mass is 10.0. The fourth-order valence-electron chi connectivity index (χ4n) is 2.57. The predicted molar refractivity (Wildman–Crippen MR) is 70.2 cm³/mol. The van der Waals surface area contributed by atoms with Crippen LogP contribution in [0.25, 0.3) is 0 Å². The summed E-state index contributed by atoms with van der Waals surface area (Å²) in [5.74, 6) is -0.913. The minimum Gasteiger partial charge on any atom is -0.550 e. The zero-order chi connectivity index (χ0) is 13.1. The van der Waals surface area contributed by atoms with Crippen LogP contribution in [0.5, 0.6) is 0 Å². The second-order valence-corrected chi connectivity index (χ2v) is 5.37. The van der Waals surface area contributed by atoms with E-state index < -0.39 is 5.97 Å². The third-order valence-electron chi connectivity index (χ3n) is 3.68. The van der Waals surface area contributed by atoms with Gasteiger partial charge in [0.2, 0.25) is 0 Å². The van der Waals surface area contributed by atoms with Crippen molar-refractivity contribution >= 4 is 5.97 Å². The van der Waals surface area contributed by atoms with Crippen molar-refractivity contribution in [3.05, 3.63) is 0 Å². The topological polar surface area (TPSA) is 49.4 Å². The maximum atomic E-state index is 10.2.